The van der Waals surface area contributed by atoms with Crippen LogP contribution in [0.15, 0.2) is 59.7 Å². The molecule has 27 heavy (non-hydrogen) atoms. The Morgan fingerprint density at radius 3 is 2.63 bits per heavy atom. The summed E-state index contributed by atoms with van der Waals surface area (Å²) in [5.74, 6) is -0.988. The highest BCUT2D eigenvalue weighted by atomic mass is 35.5. The molecule has 7 heteroatoms. The fourth-order valence-corrected chi connectivity index (χ4v) is 2.81. The highest BCUT2D eigenvalue weighted by molar-refractivity contribution is 6.42. The van der Waals surface area contributed by atoms with E-state index in [4.69, 9.17) is 27.9 Å². The normalized spacial score (nSPS) is 13.7. The molecule has 0 saturated heterocycles. The van der Waals surface area contributed by atoms with Gasteiger partial charge in [-0.3, -0.25) is 4.79 Å². The number of halogens is 2. The largest absolute Gasteiger partial charge is 0.452 e. The van der Waals surface area contributed by atoms with Crippen molar-refractivity contribution in [1.82, 2.24) is 5.01 Å². The summed E-state index contributed by atoms with van der Waals surface area (Å²) in [5, 5.41) is 6.47. The van der Waals surface area contributed by atoms with Gasteiger partial charge in [0.05, 0.1) is 22.3 Å². The van der Waals surface area contributed by atoms with Crippen molar-refractivity contribution in [2.75, 3.05) is 13.2 Å². The maximum absolute atomic E-state index is 12.2. The number of hydrazone groups is 1. The number of hydrogen-bond acceptors (Lipinski definition) is 4. The molecular weight excluding hydrogens is 387 g/mol. The Morgan fingerprint density at radius 1 is 1.11 bits per heavy atom. The van der Waals surface area contributed by atoms with Crippen LogP contribution < -0.4 is 0 Å². The molecule has 0 aromatic heterocycles. The van der Waals surface area contributed by atoms with E-state index in [1.165, 1.54) is 17.2 Å². The number of amides is 1. The summed E-state index contributed by atoms with van der Waals surface area (Å²) in [4.78, 5) is 24.0. The first-order chi connectivity index (χ1) is 13.0. The molecule has 3 rings (SSSR count). The van der Waals surface area contributed by atoms with Crippen LogP contribution in [0.2, 0.25) is 10.0 Å². The van der Waals surface area contributed by atoms with Gasteiger partial charge < -0.3 is 4.74 Å². The van der Waals surface area contributed by atoms with Crippen molar-refractivity contribution in [3.05, 3.63) is 75.8 Å². The second-order valence-electron chi connectivity index (χ2n) is 5.79. The molecule has 2 aromatic carbocycles. The summed E-state index contributed by atoms with van der Waals surface area (Å²) in [6.45, 7) is 0.107. The molecule has 1 aliphatic heterocycles. The Morgan fingerprint density at radius 2 is 1.89 bits per heavy atom. The van der Waals surface area contributed by atoms with E-state index in [9.17, 15) is 9.59 Å². The van der Waals surface area contributed by atoms with Crippen LogP contribution in [-0.2, 0) is 14.3 Å². The molecule has 0 unspecified atom stereocenters. The highest BCUT2D eigenvalue weighted by Gasteiger charge is 2.22. The first kappa shape index (κ1) is 19.1. The van der Waals surface area contributed by atoms with E-state index in [0.717, 1.165) is 11.3 Å². The predicted molar refractivity (Wildman–Crippen MR) is 106 cm³/mol. The molecule has 1 heterocycles. The Hall–Kier alpha value is -2.63. The van der Waals surface area contributed by atoms with E-state index < -0.39 is 5.97 Å². The van der Waals surface area contributed by atoms with Crippen LogP contribution in [0.4, 0.5) is 0 Å². The van der Waals surface area contributed by atoms with Gasteiger partial charge in [0, 0.05) is 12.5 Å². The number of ether oxygens (including phenoxy) is 1. The number of carbonyl (C=O) groups is 2. The fraction of sp³-hybridized carbons (Fsp3) is 0.150. The number of nitrogens with zero attached hydrogens (tertiary/aromatic N) is 2. The molecule has 0 saturated carbocycles. The standard InChI is InChI=1S/C20H16Cl2N2O3/c21-16-8-6-14(12-17(16)22)7-9-20(26)27-13-19(25)24-11-10-18(23-24)15-4-2-1-3-5-15/h1-9,12H,10-11,13H2/b9-7+. The van der Waals surface area contributed by atoms with Gasteiger partial charge in [0.1, 0.15) is 0 Å². The SMILES string of the molecule is O=C(/C=C/c1ccc(Cl)c(Cl)c1)OCC(=O)N1CCC(c2ccccc2)=N1. The molecule has 2 aromatic rings. The lowest BCUT2D eigenvalue weighted by Gasteiger charge is -2.10. The van der Waals surface area contributed by atoms with Crippen molar-refractivity contribution in [2.24, 2.45) is 5.10 Å². The summed E-state index contributed by atoms with van der Waals surface area (Å²) >= 11 is 11.8. The van der Waals surface area contributed by atoms with Crippen LogP contribution in [0.3, 0.4) is 0 Å². The molecule has 1 amide bonds. The minimum atomic E-state index is -0.624. The van der Waals surface area contributed by atoms with E-state index in [0.29, 0.717) is 28.6 Å². The maximum Gasteiger partial charge on any atom is 0.331 e. The van der Waals surface area contributed by atoms with Gasteiger partial charge in [-0.2, -0.15) is 5.10 Å². The van der Waals surface area contributed by atoms with Crippen LogP contribution in [-0.4, -0.2) is 35.7 Å². The quantitative estimate of drug-likeness (QED) is 0.556. The predicted octanol–water partition coefficient (Wildman–Crippen LogP) is 4.19. The molecule has 0 atom stereocenters. The Labute approximate surface area is 166 Å². The molecule has 0 fully saturated rings. The minimum absolute atomic E-state index is 0.364. The second kappa shape index (κ2) is 8.84. The Bertz CT molecular complexity index is 911. The third-order valence-corrected chi connectivity index (χ3v) is 4.63. The average molecular weight is 403 g/mol. The van der Waals surface area contributed by atoms with Crippen molar-refractivity contribution in [1.29, 1.82) is 0 Å². The Balaban J connectivity index is 1.51. The average Bonchev–Trinajstić information content (AvgIpc) is 3.18. The highest BCUT2D eigenvalue weighted by Crippen LogP contribution is 2.23. The van der Waals surface area contributed by atoms with Gasteiger partial charge in [0.2, 0.25) is 0 Å². The van der Waals surface area contributed by atoms with Crippen molar-refractivity contribution >= 4 is 46.9 Å². The topological polar surface area (TPSA) is 59.0 Å². The van der Waals surface area contributed by atoms with E-state index >= 15 is 0 Å². The smallest absolute Gasteiger partial charge is 0.331 e. The number of hydrogen-bond donors (Lipinski definition) is 0. The van der Waals surface area contributed by atoms with Gasteiger partial charge in [-0.25, -0.2) is 9.80 Å². The van der Waals surface area contributed by atoms with E-state index in [1.54, 1.807) is 18.2 Å². The van der Waals surface area contributed by atoms with Crippen LogP contribution in [0.25, 0.3) is 6.08 Å². The zero-order chi connectivity index (χ0) is 19.2. The van der Waals surface area contributed by atoms with Crippen LogP contribution in [0.5, 0.6) is 0 Å². The summed E-state index contributed by atoms with van der Waals surface area (Å²) in [6, 6.07) is 14.6. The molecule has 0 spiro atoms. The van der Waals surface area contributed by atoms with E-state index in [2.05, 4.69) is 5.10 Å². The zero-order valence-electron chi connectivity index (χ0n) is 14.3. The monoisotopic (exact) mass is 402 g/mol. The third-order valence-electron chi connectivity index (χ3n) is 3.89. The van der Waals surface area contributed by atoms with Crippen LogP contribution in [0.1, 0.15) is 17.5 Å². The molecule has 0 N–H and O–H groups in total. The van der Waals surface area contributed by atoms with E-state index in [-0.39, 0.29) is 12.5 Å². The number of benzene rings is 2. The molecular formula is C20H16Cl2N2O3. The van der Waals surface area contributed by atoms with Crippen molar-refractivity contribution in [2.45, 2.75) is 6.42 Å². The summed E-state index contributed by atoms with van der Waals surface area (Å²) in [7, 11) is 0. The van der Waals surface area contributed by atoms with Gasteiger partial charge in [-0.1, -0.05) is 59.6 Å². The molecule has 0 bridgehead atoms. The maximum atomic E-state index is 12.2. The van der Waals surface area contributed by atoms with Crippen LogP contribution in [0, 0.1) is 0 Å². The molecule has 0 aliphatic carbocycles. The molecule has 1 aliphatic rings. The lowest BCUT2D eigenvalue weighted by Crippen LogP contribution is -2.28. The van der Waals surface area contributed by atoms with Crippen LogP contribution >= 0.6 is 23.2 Å². The van der Waals surface area contributed by atoms with Gasteiger partial charge in [-0.05, 0) is 29.3 Å². The van der Waals surface area contributed by atoms with Gasteiger partial charge in [0.15, 0.2) is 6.61 Å². The fourth-order valence-electron chi connectivity index (χ4n) is 2.51. The number of rotatable bonds is 5. The van der Waals surface area contributed by atoms with Crippen molar-refractivity contribution < 1.29 is 14.3 Å². The summed E-state index contributed by atoms with van der Waals surface area (Å²) in [6.07, 6.45) is 3.44. The van der Waals surface area contributed by atoms with Gasteiger partial charge >= 0.3 is 5.97 Å². The van der Waals surface area contributed by atoms with Gasteiger partial charge in [0.25, 0.3) is 5.91 Å². The van der Waals surface area contributed by atoms with Crippen molar-refractivity contribution in [3.63, 3.8) is 0 Å². The second-order valence-corrected chi connectivity index (χ2v) is 6.61. The molecule has 5 nitrogen and oxygen atoms in total. The molecule has 138 valence electrons. The minimum Gasteiger partial charge on any atom is -0.452 e. The first-order valence-electron chi connectivity index (χ1n) is 8.26. The lowest BCUT2D eigenvalue weighted by atomic mass is 10.1. The van der Waals surface area contributed by atoms with Gasteiger partial charge in [-0.15, -0.1) is 0 Å². The van der Waals surface area contributed by atoms with E-state index in [1.807, 2.05) is 30.3 Å². The number of carbonyl (C=O) groups excluding carboxylic acids is 2. The molecule has 0 radical (unpaired) electrons. The first-order valence-corrected chi connectivity index (χ1v) is 9.01. The zero-order valence-corrected chi connectivity index (χ0v) is 15.8. The summed E-state index contributed by atoms with van der Waals surface area (Å²) < 4.78 is 4.99. The third kappa shape index (κ3) is 5.18. The lowest BCUT2D eigenvalue weighted by molar-refractivity contribution is -0.147. The van der Waals surface area contributed by atoms with Crippen molar-refractivity contribution in [3.8, 4) is 0 Å². The number of esters is 1. The Kier molecular flexibility index (Phi) is 6.27. The summed E-state index contributed by atoms with van der Waals surface area (Å²) in [5.41, 5.74) is 2.52.